The number of benzene rings is 1. The van der Waals surface area contributed by atoms with Gasteiger partial charge in [-0.05, 0) is 50.5 Å². The molecule has 0 radical (unpaired) electrons. The number of carbonyl (C=O) groups excluding carboxylic acids is 1. The Morgan fingerprint density at radius 2 is 2.09 bits per heavy atom. The zero-order valence-corrected chi connectivity index (χ0v) is 20.5. The molecule has 3 unspecified atom stereocenters. The number of thioether (sulfide) groups is 1. The van der Waals surface area contributed by atoms with Crippen LogP contribution in [0.1, 0.15) is 36.9 Å². The third kappa shape index (κ3) is 8.07. The lowest BCUT2D eigenvalue weighted by atomic mass is 9.97. The van der Waals surface area contributed by atoms with E-state index in [4.69, 9.17) is 9.57 Å². The van der Waals surface area contributed by atoms with Gasteiger partial charge in [-0.1, -0.05) is 12.8 Å². The molecule has 3 rings (SSSR count). The fraction of sp³-hybridized carbons (Fsp3) is 0.609. The molecule has 0 saturated heterocycles. The fourth-order valence-corrected chi connectivity index (χ4v) is 5.32. The highest BCUT2D eigenvalue weighted by atomic mass is 32.2. The lowest BCUT2D eigenvalue weighted by molar-refractivity contribution is -0.768. The van der Waals surface area contributed by atoms with E-state index in [1.54, 1.807) is 0 Å². The summed E-state index contributed by atoms with van der Waals surface area (Å²) in [6.45, 7) is 5.43. The lowest BCUT2D eigenvalue weighted by Crippen LogP contribution is -2.38. The topological polar surface area (TPSA) is 139 Å². The molecule has 2 aromatic rings. The minimum Gasteiger partial charge on any atom is -0.490 e. The first-order chi connectivity index (χ1) is 16.3. The van der Waals surface area contributed by atoms with Gasteiger partial charge >= 0.3 is 0 Å². The number of aryl methyl sites for hydroxylation is 2. The van der Waals surface area contributed by atoms with Crippen molar-refractivity contribution in [1.82, 2.24) is 15.6 Å². The van der Waals surface area contributed by atoms with Crippen LogP contribution in [-0.2, 0) is 9.63 Å². The third-order valence-corrected chi connectivity index (χ3v) is 7.10. The molecule has 11 heteroatoms. The Kier molecular flexibility index (Phi) is 9.85. The molecule has 1 aromatic carbocycles. The molecule has 1 aliphatic rings. The predicted octanol–water partition coefficient (Wildman–Crippen LogP) is 2.48. The van der Waals surface area contributed by atoms with Crippen LogP contribution >= 0.6 is 11.8 Å². The maximum atomic E-state index is 12.1. The molecule has 1 fully saturated rings. The molecule has 0 bridgehead atoms. The minimum absolute atomic E-state index is 0.0389. The summed E-state index contributed by atoms with van der Waals surface area (Å²) in [6.07, 6.45) is 2.24. The van der Waals surface area contributed by atoms with Gasteiger partial charge in [-0.3, -0.25) is 4.79 Å². The molecule has 1 aliphatic carbocycles. The van der Waals surface area contributed by atoms with E-state index in [2.05, 4.69) is 21.7 Å². The molecular formula is C23H34N4O6S. The van der Waals surface area contributed by atoms with E-state index in [9.17, 15) is 20.0 Å². The standard InChI is InChI=1S/C23H34N4O6S/c1-15-9-19-18(11-16(2)26-19)21(10-15)32-13-17(28)12-24-7-8-25-23(29)14-34-22-6-4-3-5-20(22)33-27(30)31/h9-11,17,20,22,24,26,28H,3-8,12-14H2,1-2H3,(H,25,29). The molecule has 0 spiro atoms. The second-order valence-electron chi connectivity index (χ2n) is 8.70. The van der Waals surface area contributed by atoms with E-state index in [0.717, 1.165) is 47.2 Å². The van der Waals surface area contributed by atoms with E-state index in [-0.39, 0.29) is 23.5 Å². The number of nitrogens with one attached hydrogen (secondary N) is 3. The second-order valence-corrected chi connectivity index (χ2v) is 9.92. The summed E-state index contributed by atoms with van der Waals surface area (Å²) < 4.78 is 5.86. The predicted molar refractivity (Wildman–Crippen MR) is 132 cm³/mol. The molecule has 188 valence electrons. The number of amides is 1. The summed E-state index contributed by atoms with van der Waals surface area (Å²) in [5, 5.41) is 27.0. The molecule has 0 aliphatic heterocycles. The maximum Gasteiger partial charge on any atom is 0.294 e. The number of aliphatic hydroxyl groups excluding tert-OH is 1. The molecule has 1 saturated carbocycles. The highest BCUT2D eigenvalue weighted by molar-refractivity contribution is 8.00. The van der Waals surface area contributed by atoms with Crippen LogP contribution in [0.2, 0.25) is 0 Å². The third-order valence-electron chi connectivity index (χ3n) is 5.71. The Bertz CT molecular complexity index is 968. The van der Waals surface area contributed by atoms with E-state index < -0.39 is 17.3 Å². The zero-order chi connectivity index (χ0) is 24.5. The van der Waals surface area contributed by atoms with Crippen LogP contribution in [0.4, 0.5) is 0 Å². The number of ether oxygens (including phenoxy) is 1. The molecular weight excluding hydrogens is 460 g/mol. The van der Waals surface area contributed by atoms with E-state index >= 15 is 0 Å². The van der Waals surface area contributed by atoms with Gasteiger partial charge in [0.15, 0.2) is 0 Å². The van der Waals surface area contributed by atoms with Gasteiger partial charge < -0.3 is 30.3 Å². The first-order valence-electron chi connectivity index (χ1n) is 11.6. The van der Waals surface area contributed by atoms with Crippen molar-refractivity contribution in [3.63, 3.8) is 0 Å². The Hall–Kier alpha value is -2.50. The van der Waals surface area contributed by atoms with Crippen molar-refractivity contribution < 1.29 is 24.6 Å². The molecule has 1 amide bonds. The number of carbonyl (C=O) groups is 1. The number of nitrogens with zero attached hydrogens (tertiary/aromatic N) is 1. The largest absolute Gasteiger partial charge is 0.490 e. The van der Waals surface area contributed by atoms with Gasteiger partial charge in [0.2, 0.25) is 5.91 Å². The molecule has 34 heavy (non-hydrogen) atoms. The van der Waals surface area contributed by atoms with E-state index in [0.29, 0.717) is 26.1 Å². The summed E-state index contributed by atoms with van der Waals surface area (Å²) in [5.74, 6) is 0.862. The molecule has 1 heterocycles. The van der Waals surface area contributed by atoms with Crippen LogP contribution in [0.5, 0.6) is 5.75 Å². The van der Waals surface area contributed by atoms with Gasteiger partial charge in [0.1, 0.15) is 24.6 Å². The van der Waals surface area contributed by atoms with E-state index in [1.165, 1.54) is 11.8 Å². The van der Waals surface area contributed by atoms with Crippen LogP contribution < -0.4 is 15.4 Å². The molecule has 4 N–H and O–H groups in total. The maximum absolute atomic E-state index is 12.1. The first-order valence-corrected chi connectivity index (χ1v) is 12.7. The first kappa shape index (κ1) is 26.1. The number of aromatic amines is 1. The number of hydrogen-bond donors (Lipinski definition) is 4. The number of hydrogen-bond acceptors (Lipinski definition) is 8. The number of rotatable bonds is 13. The average molecular weight is 495 g/mol. The zero-order valence-electron chi connectivity index (χ0n) is 19.7. The van der Waals surface area contributed by atoms with E-state index in [1.807, 2.05) is 26.0 Å². The Balaban J connectivity index is 1.29. The highest BCUT2D eigenvalue weighted by Crippen LogP contribution is 2.31. The van der Waals surface area contributed by atoms with Crippen LogP contribution in [-0.4, -0.2) is 70.5 Å². The summed E-state index contributed by atoms with van der Waals surface area (Å²) in [4.78, 5) is 30.8. The summed E-state index contributed by atoms with van der Waals surface area (Å²) in [6, 6.07) is 6.05. The highest BCUT2D eigenvalue weighted by Gasteiger charge is 2.29. The van der Waals surface area contributed by atoms with Crippen molar-refractivity contribution in [3.05, 3.63) is 39.6 Å². The van der Waals surface area contributed by atoms with Gasteiger partial charge in [0, 0.05) is 41.5 Å². The monoisotopic (exact) mass is 494 g/mol. The second kappa shape index (κ2) is 12.8. The Morgan fingerprint density at radius 1 is 1.29 bits per heavy atom. The van der Waals surface area contributed by atoms with Gasteiger partial charge in [0.05, 0.1) is 5.75 Å². The lowest BCUT2D eigenvalue weighted by Gasteiger charge is -2.28. The Labute approximate surface area is 203 Å². The van der Waals surface area contributed by atoms with Crippen LogP contribution in [0.25, 0.3) is 10.9 Å². The van der Waals surface area contributed by atoms with Crippen LogP contribution in [0.3, 0.4) is 0 Å². The van der Waals surface area contributed by atoms with Gasteiger partial charge in [-0.15, -0.1) is 21.9 Å². The quantitative estimate of drug-likeness (QED) is 0.189. The number of aromatic nitrogens is 1. The van der Waals surface area contributed by atoms with Crippen molar-refractivity contribution in [2.75, 3.05) is 32.0 Å². The Morgan fingerprint density at radius 3 is 2.88 bits per heavy atom. The summed E-state index contributed by atoms with van der Waals surface area (Å²) in [5.41, 5.74) is 3.14. The normalized spacial score (nSPS) is 19.0. The molecule has 10 nitrogen and oxygen atoms in total. The van der Waals surface area contributed by atoms with Crippen molar-refractivity contribution in [2.24, 2.45) is 0 Å². The van der Waals surface area contributed by atoms with Crippen LogP contribution in [0.15, 0.2) is 18.2 Å². The van der Waals surface area contributed by atoms with Gasteiger partial charge in [0.25, 0.3) is 5.09 Å². The SMILES string of the molecule is Cc1cc(OCC(O)CNCCNC(=O)CSC2CCCCC2O[N+](=O)[O-])c2cc(C)[nH]c2c1. The van der Waals surface area contributed by atoms with Gasteiger partial charge in [-0.25, -0.2) is 0 Å². The number of aliphatic hydroxyl groups is 1. The number of fused-ring (bicyclic) bond motifs is 1. The van der Waals surface area contributed by atoms with Crippen LogP contribution in [0, 0.1) is 24.0 Å². The van der Waals surface area contributed by atoms with Crippen molar-refractivity contribution in [1.29, 1.82) is 0 Å². The average Bonchev–Trinajstić information content (AvgIpc) is 3.16. The summed E-state index contributed by atoms with van der Waals surface area (Å²) in [7, 11) is 0. The molecule has 3 atom stereocenters. The van der Waals surface area contributed by atoms with Crippen molar-refractivity contribution >= 4 is 28.6 Å². The van der Waals surface area contributed by atoms with Crippen molar-refractivity contribution in [3.8, 4) is 5.75 Å². The van der Waals surface area contributed by atoms with Crippen molar-refractivity contribution in [2.45, 2.75) is 57.0 Å². The molecule has 1 aromatic heterocycles. The minimum atomic E-state index is -0.739. The number of H-pyrrole nitrogens is 1. The summed E-state index contributed by atoms with van der Waals surface area (Å²) >= 11 is 1.41. The van der Waals surface area contributed by atoms with Gasteiger partial charge in [-0.2, -0.15) is 0 Å². The smallest absolute Gasteiger partial charge is 0.294 e. The fourth-order valence-electron chi connectivity index (χ4n) is 4.12.